The molecular weight excluding hydrogens is 326 g/mol. The van der Waals surface area contributed by atoms with Crippen molar-refractivity contribution < 1.29 is 9.90 Å². The second-order valence-electron chi connectivity index (χ2n) is 7.05. The quantitative estimate of drug-likeness (QED) is 0.895. The van der Waals surface area contributed by atoms with Crippen LogP contribution in [0.4, 0.5) is 0 Å². The third-order valence-electron chi connectivity index (χ3n) is 5.32. The van der Waals surface area contributed by atoms with Crippen LogP contribution in [0.1, 0.15) is 34.7 Å². The number of aliphatic carboxylic acids is 1. The van der Waals surface area contributed by atoms with Crippen LogP contribution in [0.25, 0.3) is 0 Å². The van der Waals surface area contributed by atoms with E-state index in [-0.39, 0.29) is 0 Å². The van der Waals surface area contributed by atoms with Gasteiger partial charge in [-0.25, -0.2) is 0 Å². The van der Waals surface area contributed by atoms with Gasteiger partial charge in [0, 0.05) is 38.6 Å². The standard InChI is InChI=1S/C21H27N3O2/c1-16-5-3-6-19(17(16)2)20(21(25)26)24-12-4-11-23(13-14-24)15-18-7-9-22-10-8-18/h3,5-10,20H,4,11-15H2,1-2H3,(H,25,26)/t20-/m0/s1. The first-order valence-corrected chi connectivity index (χ1v) is 9.20. The number of carbonyl (C=O) groups is 1. The van der Waals surface area contributed by atoms with E-state index in [1.54, 1.807) is 0 Å². The summed E-state index contributed by atoms with van der Waals surface area (Å²) in [6.45, 7) is 8.36. The maximum Gasteiger partial charge on any atom is 0.325 e. The minimum Gasteiger partial charge on any atom is -0.480 e. The van der Waals surface area contributed by atoms with Crippen LogP contribution in [-0.4, -0.2) is 52.0 Å². The van der Waals surface area contributed by atoms with Crippen LogP contribution >= 0.6 is 0 Å². The van der Waals surface area contributed by atoms with Gasteiger partial charge in [0.2, 0.25) is 0 Å². The van der Waals surface area contributed by atoms with Crippen molar-refractivity contribution in [3.8, 4) is 0 Å². The molecule has 26 heavy (non-hydrogen) atoms. The first-order chi connectivity index (χ1) is 12.6. The molecule has 0 bridgehead atoms. The van der Waals surface area contributed by atoms with Crippen LogP contribution in [0.5, 0.6) is 0 Å². The average molecular weight is 353 g/mol. The summed E-state index contributed by atoms with van der Waals surface area (Å²) in [6.07, 6.45) is 4.61. The molecule has 0 radical (unpaired) electrons. The molecule has 1 aromatic carbocycles. The van der Waals surface area contributed by atoms with Crippen LogP contribution < -0.4 is 0 Å². The lowest BCUT2D eigenvalue weighted by Crippen LogP contribution is -2.37. The summed E-state index contributed by atoms with van der Waals surface area (Å²) in [7, 11) is 0. The van der Waals surface area contributed by atoms with Gasteiger partial charge in [0.05, 0.1) is 0 Å². The van der Waals surface area contributed by atoms with E-state index < -0.39 is 12.0 Å². The molecule has 0 aliphatic carbocycles. The minimum atomic E-state index is -0.763. The number of carboxylic acid groups (broad SMARTS) is 1. The van der Waals surface area contributed by atoms with E-state index in [9.17, 15) is 9.90 Å². The highest BCUT2D eigenvalue weighted by atomic mass is 16.4. The molecule has 0 unspecified atom stereocenters. The molecule has 1 fully saturated rings. The van der Waals surface area contributed by atoms with Crippen molar-refractivity contribution in [2.75, 3.05) is 26.2 Å². The molecule has 1 saturated heterocycles. The SMILES string of the molecule is Cc1cccc([C@@H](C(=O)O)N2CCCN(Cc3ccncc3)CC2)c1C. The molecule has 138 valence electrons. The zero-order valence-corrected chi connectivity index (χ0v) is 15.6. The minimum absolute atomic E-state index is 0.573. The smallest absolute Gasteiger partial charge is 0.325 e. The molecule has 2 heterocycles. The van der Waals surface area contributed by atoms with Gasteiger partial charge in [-0.2, -0.15) is 0 Å². The van der Waals surface area contributed by atoms with Crippen molar-refractivity contribution in [1.29, 1.82) is 0 Å². The highest BCUT2D eigenvalue weighted by Gasteiger charge is 2.30. The van der Waals surface area contributed by atoms with Gasteiger partial charge in [0.1, 0.15) is 6.04 Å². The second-order valence-corrected chi connectivity index (χ2v) is 7.05. The molecule has 1 aromatic heterocycles. The van der Waals surface area contributed by atoms with E-state index in [0.29, 0.717) is 0 Å². The van der Waals surface area contributed by atoms with Crippen molar-refractivity contribution in [2.45, 2.75) is 32.9 Å². The summed E-state index contributed by atoms with van der Waals surface area (Å²) in [5.74, 6) is -0.763. The van der Waals surface area contributed by atoms with Gasteiger partial charge >= 0.3 is 5.97 Å². The molecule has 2 aromatic rings. The monoisotopic (exact) mass is 353 g/mol. The van der Waals surface area contributed by atoms with E-state index in [1.165, 1.54) is 5.56 Å². The van der Waals surface area contributed by atoms with Crippen molar-refractivity contribution in [3.05, 3.63) is 65.0 Å². The summed E-state index contributed by atoms with van der Waals surface area (Å²) in [5, 5.41) is 9.92. The molecule has 1 aliphatic heterocycles. The van der Waals surface area contributed by atoms with Crippen molar-refractivity contribution in [1.82, 2.24) is 14.8 Å². The zero-order chi connectivity index (χ0) is 18.5. The van der Waals surface area contributed by atoms with Crippen molar-refractivity contribution in [2.24, 2.45) is 0 Å². The Morgan fingerprint density at radius 1 is 1.12 bits per heavy atom. The van der Waals surface area contributed by atoms with E-state index >= 15 is 0 Å². The normalized spacial score (nSPS) is 17.6. The Bertz CT molecular complexity index is 748. The number of aryl methyl sites for hydroxylation is 1. The molecule has 1 N–H and O–H groups in total. The van der Waals surface area contributed by atoms with Crippen molar-refractivity contribution >= 4 is 5.97 Å². The molecule has 3 rings (SSSR count). The lowest BCUT2D eigenvalue weighted by Gasteiger charge is -2.29. The number of rotatable bonds is 5. The average Bonchev–Trinajstić information content (AvgIpc) is 2.85. The van der Waals surface area contributed by atoms with Gasteiger partial charge in [-0.15, -0.1) is 0 Å². The summed E-state index contributed by atoms with van der Waals surface area (Å²) >= 11 is 0. The number of aromatic nitrogens is 1. The van der Waals surface area contributed by atoms with E-state index in [0.717, 1.165) is 55.8 Å². The van der Waals surface area contributed by atoms with E-state index in [4.69, 9.17) is 0 Å². The number of carboxylic acids is 1. The van der Waals surface area contributed by atoms with Gasteiger partial charge < -0.3 is 5.11 Å². The topological polar surface area (TPSA) is 56.7 Å². The lowest BCUT2D eigenvalue weighted by atomic mass is 9.96. The number of hydrogen-bond acceptors (Lipinski definition) is 4. The Hall–Kier alpha value is -2.24. The summed E-state index contributed by atoms with van der Waals surface area (Å²) < 4.78 is 0. The third-order valence-corrected chi connectivity index (χ3v) is 5.32. The fraction of sp³-hybridized carbons (Fsp3) is 0.429. The maximum absolute atomic E-state index is 12.1. The van der Waals surface area contributed by atoms with E-state index in [2.05, 4.69) is 14.8 Å². The van der Waals surface area contributed by atoms with Gasteiger partial charge in [0.25, 0.3) is 0 Å². The Balaban J connectivity index is 1.73. The molecule has 1 atom stereocenters. The predicted octanol–water partition coefficient (Wildman–Crippen LogP) is 3.03. The lowest BCUT2D eigenvalue weighted by molar-refractivity contribution is -0.143. The molecule has 0 amide bonds. The Labute approximate surface area is 155 Å². The maximum atomic E-state index is 12.1. The van der Waals surface area contributed by atoms with Crippen LogP contribution in [0.15, 0.2) is 42.7 Å². The van der Waals surface area contributed by atoms with E-state index in [1.807, 2.05) is 56.6 Å². The highest BCUT2D eigenvalue weighted by Crippen LogP contribution is 2.27. The molecule has 5 heteroatoms. The van der Waals surface area contributed by atoms with Crippen molar-refractivity contribution in [3.63, 3.8) is 0 Å². The predicted molar refractivity (Wildman–Crippen MR) is 102 cm³/mol. The van der Waals surface area contributed by atoms with Gasteiger partial charge in [0.15, 0.2) is 0 Å². The van der Waals surface area contributed by atoms with Crippen LogP contribution in [0.2, 0.25) is 0 Å². The number of benzene rings is 1. The zero-order valence-electron chi connectivity index (χ0n) is 15.6. The molecule has 5 nitrogen and oxygen atoms in total. The third kappa shape index (κ3) is 4.29. The molecular formula is C21H27N3O2. The Morgan fingerprint density at radius 2 is 1.88 bits per heavy atom. The first-order valence-electron chi connectivity index (χ1n) is 9.20. The van der Waals surface area contributed by atoms with Crippen LogP contribution in [0, 0.1) is 13.8 Å². The Kier molecular flexibility index (Phi) is 6.01. The number of pyridine rings is 1. The van der Waals surface area contributed by atoms with Gasteiger partial charge in [-0.1, -0.05) is 18.2 Å². The number of nitrogens with zero attached hydrogens (tertiary/aromatic N) is 3. The summed E-state index contributed by atoms with van der Waals surface area (Å²) in [5.41, 5.74) is 4.39. The fourth-order valence-electron chi connectivity index (χ4n) is 3.71. The molecule has 0 saturated carbocycles. The first kappa shape index (κ1) is 18.5. The largest absolute Gasteiger partial charge is 0.480 e. The van der Waals surface area contributed by atoms with Gasteiger partial charge in [-0.3, -0.25) is 19.6 Å². The summed E-state index contributed by atoms with van der Waals surface area (Å²) in [4.78, 5) is 20.7. The van der Waals surface area contributed by atoms with Crippen LogP contribution in [0.3, 0.4) is 0 Å². The molecule has 1 aliphatic rings. The highest BCUT2D eigenvalue weighted by molar-refractivity contribution is 5.76. The van der Waals surface area contributed by atoms with Crippen LogP contribution in [-0.2, 0) is 11.3 Å². The summed E-state index contributed by atoms with van der Waals surface area (Å²) in [6, 6.07) is 9.46. The fourth-order valence-corrected chi connectivity index (χ4v) is 3.71. The van der Waals surface area contributed by atoms with Gasteiger partial charge in [-0.05, 0) is 61.2 Å². The second kappa shape index (κ2) is 8.43. The molecule has 0 spiro atoms. The number of hydrogen-bond donors (Lipinski definition) is 1. The Morgan fingerprint density at radius 3 is 2.62 bits per heavy atom.